The molecule has 0 bridgehead atoms. The van der Waals surface area contributed by atoms with E-state index in [0.29, 0.717) is 18.0 Å². The van der Waals surface area contributed by atoms with Gasteiger partial charge in [-0.25, -0.2) is 4.39 Å². The zero-order chi connectivity index (χ0) is 13.8. The van der Waals surface area contributed by atoms with Gasteiger partial charge in [-0.15, -0.1) is 0 Å². The largest absolute Gasteiger partial charge is 0.494 e. The summed E-state index contributed by atoms with van der Waals surface area (Å²) in [6.45, 7) is 7.57. The molecule has 0 heterocycles. The summed E-state index contributed by atoms with van der Waals surface area (Å²) in [5, 5.41) is 6.05. The smallest absolute Gasteiger partial charge is 0.150 e. The molecule has 2 N–H and O–H groups in total. The quantitative estimate of drug-likeness (QED) is 0.793. The van der Waals surface area contributed by atoms with Crippen molar-refractivity contribution in [1.29, 1.82) is 0 Å². The normalized spacial score (nSPS) is 11.4. The molecule has 0 saturated carbocycles. The van der Waals surface area contributed by atoms with Crippen LogP contribution in [0.15, 0.2) is 12.1 Å². The molecule has 0 atom stereocenters. The Balaban J connectivity index is 3.04. The minimum atomic E-state index is -0.268. The van der Waals surface area contributed by atoms with E-state index in [1.807, 2.05) is 13.1 Å². The molecular formula is C14H23FN2O. The van der Waals surface area contributed by atoms with E-state index in [4.69, 9.17) is 4.74 Å². The average molecular weight is 254 g/mol. The monoisotopic (exact) mass is 254 g/mol. The molecule has 0 aliphatic heterocycles. The second kappa shape index (κ2) is 6.05. The van der Waals surface area contributed by atoms with E-state index in [9.17, 15) is 4.39 Å². The minimum absolute atomic E-state index is 0.0996. The third kappa shape index (κ3) is 3.60. The standard InChI is InChI=1S/C14H23FN2O/c1-14(2,3)10-8-11(15)13(12(9-10)18-5)17-7-6-16-4/h8-9,16-17H,6-7H2,1-5H3. The van der Waals surface area contributed by atoms with Gasteiger partial charge < -0.3 is 15.4 Å². The van der Waals surface area contributed by atoms with Gasteiger partial charge in [0.2, 0.25) is 0 Å². The van der Waals surface area contributed by atoms with Crippen LogP contribution in [0.25, 0.3) is 0 Å². The molecule has 3 nitrogen and oxygen atoms in total. The van der Waals surface area contributed by atoms with Crippen LogP contribution >= 0.6 is 0 Å². The Bertz CT molecular complexity index is 400. The molecule has 0 aromatic heterocycles. The molecule has 0 spiro atoms. The fourth-order valence-electron chi connectivity index (χ4n) is 1.66. The van der Waals surface area contributed by atoms with Gasteiger partial charge >= 0.3 is 0 Å². The fraction of sp³-hybridized carbons (Fsp3) is 0.571. The summed E-state index contributed by atoms with van der Waals surface area (Å²) in [4.78, 5) is 0. The van der Waals surface area contributed by atoms with E-state index in [1.165, 1.54) is 0 Å². The van der Waals surface area contributed by atoms with Crippen molar-refractivity contribution >= 4 is 5.69 Å². The van der Waals surface area contributed by atoms with Gasteiger partial charge in [0.1, 0.15) is 17.3 Å². The van der Waals surface area contributed by atoms with Crippen LogP contribution in [-0.2, 0) is 5.41 Å². The first kappa shape index (κ1) is 14.8. The predicted molar refractivity (Wildman–Crippen MR) is 74.1 cm³/mol. The van der Waals surface area contributed by atoms with Crippen LogP contribution in [0.2, 0.25) is 0 Å². The number of nitrogens with one attached hydrogen (secondary N) is 2. The summed E-state index contributed by atoms with van der Waals surface area (Å²) in [5.74, 6) is 0.284. The summed E-state index contributed by atoms with van der Waals surface area (Å²) < 4.78 is 19.4. The number of hydrogen-bond donors (Lipinski definition) is 2. The Morgan fingerprint density at radius 3 is 2.39 bits per heavy atom. The molecule has 0 saturated heterocycles. The topological polar surface area (TPSA) is 33.3 Å². The average Bonchev–Trinajstić information content (AvgIpc) is 2.29. The summed E-state index contributed by atoms with van der Waals surface area (Å²) in [7, 11) is 3.42. The Morgan fingerprint density at radius 1 is 1.22 bits per heavy atom. The highest BCUT2D eigenvalue weighted by Crippen LogP contribution is 2.33. The fourth-order valence-corrected chi connectivity index (χ4v) is 1.66. The summed E-state index contributed by atoms with van der Waals surface area (Å²) in [6, 6.07) is 3.47. The van der Waals surface area contributed by atoms with Crippen molar-refractivity contribution < 1.29 is 9.13 Å². The van der Waals surface area contributed by atoms with Crippen LogP contribution in [0.3, 0.4) is 0 Å². The van der Waals surface area contributed by atoms with Gasteiger partial charge in [0.15, 0.2) is 0 Å². The van der Waals surface area contributed by atoms with Crippen molar-refractivity contribution in [3.8, 4) is 5.75 Å². The molecule has 0 radical (unpaired) electrons. The van der Waals surface area contributed by atoms with Crippen molar-refractivity contribution in [2.24, 2.45) is 0 Å². The molecular weight excluding hydrogens is 231 g/mol. The highest BCUT2D eigenvalue weighted by molar-refractivity contribution is 5.59. The van der Waals surface area contributed by atoms with Gasteiger partial charge in [0.25, 0.3) is 0 Å². The first-order chi connectivity index (χ1) is 8.40. The van der Waals surface area contributed by atoms with Gasteiger partial charge in [-0.05, 0) is 30.2 Å². The molecule has 0 unspecified atom stereocenters. The second-order valence-electron chi connectivity index (χ2n) is 5.32. The third-order valence-electron chi connectivity index (χ3n) is 2.82. The van der Waals surface area contributed by atoms with Crippen LogP contribution in [-0.4, -0.2) is 27.2 Å². The number of likely N-dealkylation sites (N-methyl/N-ethyl adjacent to an activating group) is 1. The molecule has 4 heteroatoms. The number of halogens is 1. The Hall–Kier alpha value is -1.29. The van der Waals surface area contributed by atoms with Crippen LogP contribution < -0.4 is 15.4 Å². The van der Waals surface area contributed by atoms with Crippen molar-refractivity contribution in [1.82, 2.24) is 5.32 Å². The van der Waals surface area contributed by atoms with E-state index in [-0.39, 0.29) is 11.2 Å². The predicted octanol–water partition coefficient (Wildman–Crippen LogP) is 2.76. The van der Waals surface area contributed by atoms with E-state index >= 15 is 0 Å². The van der Waals surface area contributed by atoms with E-state index < -0.39 is 0 Å². The Morgan fingerprint density at radius 2 is 1.89 bits per heavy atom. The van der Waals surface area contributed by atoms with Crippen molar-refractivity contribution in [2.45, 2.75) is 26.2 Å². The molecule has 0 aliphatic rings. The Labute approximate surface area is 109 Å². The van der Waals surface area contributed by atoms with Crippen LogP contribution in [0.4, 0.5) is 10.1 Å². The molecule has 0 aliphatic carbocycles. The minimum Gasteiger partial charge on any atom is -0.494 e. The zero-order valence-electron chi connectivity index (χ0n) is 11.9. The number of benzene rings is 1. The van der Waals surface area contributed by atoms with Gasteiger partial charge in [-0.3, -0.25) is 0 Å². The number of ether oxygens (including phenoxy) is 1. The first-order valence-corrected chi connectivity index (χ1v) is 6.16. The number of hydrogen-bond acceptors (Lipinski definition) is 3. The lowest BCUT2D eigenvalue weighted by Crippen LogP contribution is -2.19. The summed E-state index contributed by atoms with van der Waals surface area (Å²) in [6.07, 6.45) is 0. The van der Waals surface area contributed by atoms with Gasteiger partial charge in [0.05, 0.1) is 7.11 Å². The molecule has 1 aromatic carbocycles. The highest BCUT2D eigenvalue weighted by Gasteiger charge is 2.19. The van der Waals surface area contributed by atoms with Gasteiger partial charge in [-0.1, -0.05) is 20.8 Å². The maximum absolute atomic E-state index is 14.1. The number of methoxy groups -OCH3 is 1. The first-order valence-electron chi connectivity index (χ1n) is 6.16. The second-order valence-corrected chi connectivity index (χ2v) is 5.32. The SMILES string of the molecule is CNCCNc1c(F)cc(C(C)(C)C)cc1OC. The van der Waals surface area contributed by atoms with Gasteiger partial charge in [-0.2, -0.15) is 0 Å². The summed E-state index contributed by atoms with van der Waals surface area (Å²) in [5.41, 5.74) is 1.26. The molecule has 1 aromatic rings. The van der Waals surface area contributed by atoms with Crippen molar-refractivity contribution in [3.05, 3.63) is 23.5 Å². The number of anilines is 1. The van der Waals surface area contributed by atoms with Crippen molar-refractivity contribution in [3.63, 3.8) is 0 Å². The lowest BCUT2D eigenvalue weighted by Gasteiger charge is -2.22. The van der Waals surface area contributed by atoms with E-state index in [1.54, 1.807) is 13.2 Å². The lowest BCUT2D eigenvalue weighted by atomic mass is 9.86. The Kier molecular flexibility index (Phi) is 4.96. The molecule has 1 rings (SSSR count). The van der Waals surface area contributed by atoms with Crippen LogP contribution in [0, 0.1) is 5.82 Å². The van der Waals surface area contributed by atoms with Crippen LogP contribution in [0.5, 0.6) is 5.75 Å². The molecule has 102 valence electrons. The van der Waals surface area contributed by atoms with Crippen molar-refractivity contribution in [2.75, 3.05) is 32.6 Å². The van der Waals surface area contributed by atoms with Crippen LogP contribution in [0.1, 0.15) is 26.3 Å². The lowest BCUT2D eigenvalue weighted by molar-refractivity contribution is 0.411. The van der Waals surface area contributed by atoms with Gasteiger partial charge in [0, 0.05) is 13.1 Å². The zero-order valence-corrected chi connectivity index (χ0v) is 11.9. The molecule has 0 fully saturated rings. The van der Waals surface area contributed by atoms with E-state index in [0.717, 1.165) is 12.1 Å². The maximum atomic E-state index is 14.1. The third-order valence-corrected chi connectivity index (χ3v) is 2.82. The maximum Gasteiger partial charge on any atom is 0.150 e. The molecule has 0 amide bonds. The molecule has 18 heavy (non-hydrogen) atoms. The number of rotatable bonds is 5. The van der Waals surface area contributed by atoms with E-state index in [2.05, 4.69) is 31.4 Å². The highest BCUT2D eigenvalue weighted by atomic mass is 19.1. The summed E-state index contributed by atoms with van der Waals surface area (Å²) >= 11 is 0.